The van der Waals surface area contributed by atoms with Crippen molar-refractivity contribution in [3.05, 3.63) is 78.2 Å². The van der Waals surface area contributed by atoms with Gasteiger partial charge in [0.1, 0.15) is 5.69 Å². The summed E-state index contributed by atoms with van der Waals surface area (Å²) < 4.78 is 35.7. The Hall–Kier alpha value is -4.67. The molecule has 0 saturated carbocycles. The molecule has 33 heavy (non-hydrogen) atoms. The number of rotatable bonds is 7. The molecule has 166 valence electrons. The van der Waals surface area contributed by atoms with E-state index in [1.54, 1.807) is 24.3 Å². The second-order valence-electron chi connectivity index (χ2n) is 6.48. The van der Waals surface area contributed by atoms with Crippen molar-refractivity contribution < 1.29 is 33.0 Å². The second kappa shape index (κ2) is 9.22. The number of fused-ring (bicyclic) bond motifs is 1. The lowest BCUT2D eigenvalue weighted by molar-refractivity contribution is -0.0510. The maximum absolute atomic E-state index is 13.0. The average Bonchev–Trinajstić information content (AvgIpc) is 2.80. The molecule has 2 aromatic carbocycles. The predicted octanol–water partition coefficient (Wildman–Crippen LogP) is 4.37. The van der Waals surface area contributed by atoms with Crippen LogP contribution in [0.15, 0.2) is 66.9 Å². The van der Waals surface area contributed by atoms with Gasteiger partial charge < -0.3 is 19.9 Å². The molecule has 0 fully saturated rings. The molecule has 0 saturated heterocycles. The first-order valence-electron chi connectivity index (χ1n) is 9.40. The molecular formula is C22H14F2N4O5. The number of carbonyl (C=O) groups is 2. The molecular weight excluding hydrogens is 438 g/mol. The van der Waals surface area contributed by atoms with Crippen molar-refractivity contribution in [2.45, 2.75) is 6.61 Å². The molecule has 4 aromatic rings. The SMILES string of the molecule is O=C(O)c1ccc(NC(=O)c2nc3ccccc3nc2Oc2ccccc2OC(F)F)cn1. The fourth-order valence-electron chi connectivity index (χ4n) is 2.82. The molecule has 11 heteroatoms. The third-order valence-electron chi connectivity index (χ3n) is 4.27. The zero-order chi connectivity index (χ0) is 23.4. The molecule has 0 aliphatic carbocycles. The van der Waals surface area contributed by atoms with Crippen molar-refractivity contribution in [1.29, 1.82) is 0 Å². The van der Waals surface area contributed by atoms with Crippen LogP contribution in [-0.2, 0) is 0 Å². The number of nitrogens with zero attached hydrogens (tertiary/aromatic N) is 3. The number of aromatic carboxylic acids is 1. The fourth-order valence-corrected chi connectivity index (χ4v) is 2.82. The van der Waals surface area contributed by atoms with E-state index in [4.69, 9.17) is 9.84 Å². The standard InChI is InChI=1S/C22H14F2N4O5/c23-22(24)33-17-8-4-3-7-16(17)32-20-18(27-13-5-1-2-6-14(13)28-20)19(29)26-12-9-10-15(21(30)31)25-11-12/h1-11,22H,(H,26,29)(H,30,31). The van der Waals surface area contributed by atoms with Crippen LogP contribution in [0.3, 0.4) is 0 Å². The van der Waals surface area contributed by atoms with Crippen LogP contribution in [-0.4, -0.2) is 38.5 Å². The molecule has 0 unspecified atom stereocenters. The molecule has 0 aliphatic heterocycles. The van der Waals surface area contributed by atoms with Crippen LogP contribution < -0.4 is 14.8 Å². The van der Waals surface area contributed by atoms with E-state index >= 15 is 0 Å². The van der Waals surface area contributed by atoms with Crippen LogP contribution in [0.25, 0.3) is 11.0 Å². The van der Waals surface area contributed by atoms with Crippen molar-refractivity contribution in [1.82, 2.24) is 15.0 Å². The van der Waals surface area contributed by atoms with Gasteiger partial charge in [-0.05, 0) is 36.4 Å². The van der Waals surface area contributed by atoms with Gasteiger partial charge in [0.2, 0.25) is 0 Å². The smallest absolute Gasteiger partial charge is 0.387 e. The molecule has 2 heterocycles. The maximum Gasteiger partial charge on any atom is 0.387 e. The van der Waals surface area contributed by atoms with E-state index in [1.807, 2.05) is 0 Å². The molecule has 0 atom stereocenters. The van der Waals surface area contributed by atoms with E-state index in [-0.39, 0.29) is 34.5 Å². The minimum absolute atomic E-state index is 0.0936. The molecule has 0 bridgehead atoms. The monoisotopic (exact) mass is 452 g/mol. The Kier molecular flexibility index (Phi) is 6.02. The van der Waals surface area contributed by atoms with E-state index in [0.717, 1.165) is 0 Å². The van der Waals surface area contributed by atoms with Gasteiger partial charge >= 0.3 is 12.6 Å². The first-order chi connectivity index (χ1) is 15.9. The van der Waals surface area contributed by atoms with E-state index < -0.39 is 18.5 Å². The third-order valence-corrected chi connectivity index (χ3v) is 4.27. The Morgan fingerprint density at radius 1 is 0.909 bits per heavy atom. The van der Waals surface area contributed by atoms with Gasteiger partial charge in [0.15, 0.2) is 17.2 Å². The molecule has 2 N–H and O–H groups in total. The number of carboxylic acid groups (broad SMARTS) is 1. The normalized spacial score (nSPS) is 10.8. The number of nitrogens with one attached hydrogen (secondary N) is 1. The van der Waals surface area contributed by atoms with Gasteiger partial charge in [-0.3, -0.25) is 4.79 Å². The molecule has 1 amide bonds. The molecule has 0 radical (unpaired) electrons. The van der Waals surface area contributed by atoms with Crippen LogP contribution >= 0.6 is 0 Å². The van der Waals surface area contributed by atoms with Gasteiger partial charge in [-0.1, -0.05) is 24.3 Å². The molecule has 9 nitrogen and oxygen atoms in total. The van der Waals surface area contributed by atoms with Crippen LogP contribution in [0.2, 0.25) is 0 Å². The summed E-state index contributed by atoms with van der Waals surface area (Å²) in [7, 11) is 0. The number of aromatic nitrogens is 3. The Balaban J connectivity index is 1.71. The third kappa shape index (κ3) is 4.98. The highest BCUT2D eigenvalue weighted by molar-refractivity contribution is 6.05. The lowest BCUT2D eigenvalue weighted by Crippen LogP contribution is -2.16. The molecule has 2 aromatic heterocycles. The zero-order valence-electron chi connectivity index (χ0n) is 16.6. The summed E-state index contributed by atoms with van der Waals surface area (Å²) in [6, 6.07) is 15.0. The Morgan fingerprint density at radius 2 is 1.58 bits per heavy atom. The van der Waals surface area contributed by atoms with E-state index in [1.165, 1.54) is 42.6 Å². The number of halogens is 2. The lowest BCUT2D eigenvalue weighted by atomic mass is 10.2. The van der Waals surface area contributed by atoms with E-state index in [2.05, 4.69) is 25.0 Å². The van der Waals surface area contributed by atoms with Crippen molar-refractivity contribution >= 4 is 28.6 Å². The fraction of sp³-hybridized carbons (Fsp3) is 0.0455. The summed E-state index contributed by atoms with van der Waals surface area (Å²) in [5.74, 6) is -2.54. The number of benzene rings is 2. The van der Waals surface area contributed by atoms with Gasteiger partial charge in [-0.2, -0.15) is 8.78 Å². The molecule has 0 spiro atoms. The Morgan fingerprint density at radius 3 is 2.21 bits per heavy atom. The largest absolute Gasteiger partial charge is 0.477 e. The number of pyridine rings is 1. The summed E-state index contributed by atoms with van der Waals surface area (Å²) >= 11 is 0. The predicted molar refractivity (Wildman–Crippen MR) is 112 cm³/mol. The van der Waals surface area contributed by atoms with Crippen LogP contribution in [0, 0.1) is 0 Å². The van der Waals surface area contributed by atoms with Crippen molar-refractivity contribution in [3.63, 3.8) is 0 Å². The summed E-state index contributed by atoms with van der Waals surface area (Å²) in [6.45, 7) is -3.08. The number of hydrogen-bond acceptors (Lipinski definition) is 7. The number of para-hydroxylation sites is 4. The van der Waals surface area contributed by atoms with E-state index in [9.17, 15) is 18.4 Å². The molecule has 4 rings (SSSR count). The van der Waals surface area contributed by atoms with Crippen LogP contribution in [0.5, 0.6) is 17.4 Å². The highest BCUT2D eigenvalue weighted by atomic mass is 19.3. The number of ether oxygens (including phenoxy) is 2. The zero-order valence-corrected chi connectivity index (χ0v) is 16.6. The van der Waals surface area contributed by atoms with Gasteiger partial charge in [0, 0.05) is 0 Å². The average molecular weight is 452 g/mol. The summed E-state index contributed by atoms with van der Waals surface area (Å²) in [5.41, 5.74) is 0.573. The Bertz CT molecular complexity index is 1330. The highest BCUT2D eigenvalue weighted by Gasteiger charge is 2.21. The van der Waals surface area contributed by atoms with Crippen molar-refractivity contribution in [2.24, 2.45) is 0 Å². The Labute approximate surface area is 184 Å². The summed E-state index contributed by atoms with van der Waals surface area (Å²) in [5, 5.41) is 11.5. The topological polar surface area (TPSA) is 124 Å². The minimum atomic E-state index is -3.08. The second-order valence-corrected chi connectivity index (χ2v) is 6.48. The van der Waals surface area contributed by atoms with Crippen molar-refractivity contribution in [2.75, 3.05) is 5.32 Å². The number of anilines is 1. The number of amides is 1. The lowest BCUT2D eigenvalue weighted by Gasteiger charge is -2.14. The van der Waals surface area contributed by atoms with Crippen LogP contribution in [0.4, 0.5) is 14.5 Å². The van der Waals surface area contributed by atoms with Crippen LogP contribution in [0.1, 0.15) is 21.0 Å². The van der Waals surface area contributed by atoms with E-state index in [0.29, 0.717) is 11.0 Å². The first-order valence-corrected chi connectivity index (χ1v) is 9.40. The maximum atomic E-state index is 13.0. The highest BCUT2D eigenvalue weighted by Crippen LogP contribution is 2.33. The van der Waals surface area contributed by atoms with Gasteiger partial charge in [0.25, 0.3) is 11.8 Å². The number of alkyl halides is 2. The first kappa shape index (κ1) is 21.6. The summed E-state index contributed by atoms with van der Waals surface area (Å²) in [6.07, 6.45) is 1.17. The quantitative estimate of drug-likeness (QED) is 0.424. The number of carbonyl (C=O) groups excluding carboxylic acids is 1. The summed E-state index contributed by atoms with van der Waals surface area (Å²) in [4.78, 5) is 36.3. The minimum Gasteiger partial charge on any atom is -0.477 e. The van der Waals surface area contributed by atoms with Gasteiger partial charge in [-0.15, -0.1) is 0 Å². The molecule has 0 aliphatic rings. The van der Waals surface area contributed by atoms with Gasteiger partial charge in [-0.25, -0.2) is 19.7 Å². The number of carboxylic acids is 1. The van der Waals surface area contributed by atoms with Gasteiger partial charge in [0.05, 0.1) is 22.9 Å². The number of hydrogen-bond donors (Lipinski definition) is 2. The van der Waals surface area contributed by atoms with Crippen molar-refractivity contribution in [3.8, 4) is 17.4 Å².